The fraction of sp³-hybridized carbons (Fsp3) is 0.400. The normalized spacial score (nSPS) is 11.2. The Balaban J connectivity index is 3.27. The number of primary amides is 1. The third-order valence-electron chi connectivity index (χ3n) is 1.81. The molecule has 1 heterocycles. The zero-order valence-corrected chi connectivity index (χ0v) is 10.5. The third-order valence-corrected chi connectivity index (χ3v) is 2.47. The number of pyridine rings is 1. The van der Waals surface area contributed by atoms with Crippen molar-refractivity contribution in [1.82, 2.24) is 4.98 Å². The molecular formula is C10H13BrN2O2. The molecule has 0 fully saturated rings. The Bertz CT molecular complexity index is 385. The van der Waals surface area contributed by atoms with Gasteiger partial charge >= 0.3 is 6.09 Å². The van der Waals surface area contributed by atoms with Gasteiger partial charge in [0.25, 0.3) is 0 Å². The second-order valence-corrected chi connectivity index (χ2v) is 5.00. The number of hydrogen-bond donors (Lipinski definition) is 1. The standard InChI is InChI=1S/C10H13BrN2O2/c1-10(2,3)7-6(11)4-5-13-8(7)15-9(12)14/h4-5H,1-3H3,(H2,12,14). The molecule has 4 nitrogen and oxygen atoms in total. The van der Waals surface area contributed by atoms with Gasteiger partial charge < -0.3 is 10.5 Å². The van der Waals surface area contributed by atoms with Crippen molar-refractivity contribution in [3.8, 4) is 5.88 Å². The zero-order chi connectivity index (χ0) is 11.6. The monoisotopic (exact) mass is 272 g/mol. The zero-order valence-electron chi connectivity index (χ0n) is 8.87. The van der Waals surface area contributed by atoms with Gasteiger partial charge in [-0.1, -0.05) is 36.7 Å². The summed E-state index contributed by atoms with van der Waals surface area (Å²) >= 11 is 3.40. The van der Waals surface area contributed by atoms with Crippen LogP contribution in [-0.2, 0) is 5.41 Å². The first kappa shape index (κ1) is 12.0. The van der Waals surface area contributed by atoms with Crippen molar-refractivity contribution in [1.29, 1.82) is 0 Å². The summed E-state index contributed by atoms with van der Waals surface area (Å²) in [5.74, 6) is 0.254. The van der Waals surface area contributed by atoms with E-state index in [2.05, 4.69) is 20.9 Å². The molecule has 15 heavy (non-hydrogen) atoms. The van der Waals surface area contributed by atoms with Crippen molar-refractivity contribution < 1.29 is 9.53 Å². The molecule has 0 aliphatic rings. The molecule has 0 bridgehead atoms. The van der Waals surface area contributed by atoms with Crippen LogP contribution in [0, 0.1) is 0 Å². The number of amides is 1. The van der Waals surface area contributed by atoms with E-state index in [1.807, 2.05) is 20.8 Å². The molecule has 5 heteroatoms. The second-order valence-electron chi connectivity index (χ2n) is 4.14. The summed E-state index contributed by atoms with van der Waals surface area (Å²) in [5, 5.41) is 0. The molecule has 1 aromatic heterocycles. The van der Waals surface area contributed by atoms with Gasteiger partial charge in [0.05, 0.1) is 0 Å². The van der Waals surface area contributed by atoms with Crippen LogP contribution in [-0.4, -0.2) is 11.1 Å². The van der Waals surface area contributed by atoms with Crippen molar-refractivity contribution in [2.24, 2.45) is 5.73 Å². The van der Waals surface area contributed by atoms with Crippen LogP contribution in [0.5, 0.6) is 5.88 Å². The van der Waals surface area contributed by atoms with Crippen molar-refractivity contribution in [2.45, 2.75) is 26.2 Å². The topological polar surface area (TPSA) is 65.2 Å². The van der Waals surface area contributed by atoms with Crippen LogP contribution >= 0.6 is 15.9 Å². The van der Waals surface area contributed by atoms with Gasteiger partial charge in [-0.2, -0.15) is 0 Å². The van der Waals surface area contributed by atoms with Gasteiger partial charge in [-0.25, -0.2) is 9.78 Å². The maximum Gasteiger partial charge on any atom is 0.411 e. The molecule has 0 aromatic carbocycles. The Labute approximate surface area is 97.0 Å². The largest absolute Gasteiger partial charge is 0.411 e. The van der Waals surface area contributed by atoms with Gasteiger partial charge in [0.15, 0.2) is 0 Å². The molecule has 0 aliphatic carbocycles. The molecule has 0 spiro atoms. The second kappa shape index (κ2) is 4.18. The van der Waals surface area contributed by atoms with Crippen molar-refractivity contribution in [2.75, 3.05) is 0 Å². The summed E-state index contributed by atoms with van der Waals surface area (Å²) in [7, 11) is 0. The highest BCUT2D eigenvalue weighted by Crippen LogP contribution is 2.35. The molecule has 0 radical (unpaired) electrons. The van der Waals surface area contributed by atoms with E-state index in [1.54, 1.807) is 12.3 Å². The molecule has 0 saturated heterocycles. The van der Waals surface area contributed by atoms with Crippen LogP contribution < -0.4 is 10.5 Å². The smallest absolute Gasteiger partial charge is 0.391 e. The number of halogens is 1. The first-order chi connectivity index (χ1) is 6.82. The van der Waals surface area contributed by atoms with E-state index in [4.69, 9.17) is 10.5 Å². The Morgan fingerprint density at radius 2 is 2.13 bits per heavy atom. The maximum atomic E-state index is 10.7. The lowest BCUT2D eigenvalue weighted by Crippen LogP contribution is -2.21. The Hall–Kier alpha value is -1.10. The van der Waals surface area contributed by atoms with Crippen LogP contribution in [0.3, 0.4) is 0 Å². The van der Waals surface area contributed by atoms with Gasteiger partial charge in [-0.15, -0.1) is 0 Å². The van der Waals surface area contributed by atoms with Crippen molar-refractivity contribution >= 4 is 22.0 Å². The highest BCUT2D eigenvalue weighted by molar-refractivity contribution is 9.10. The van der Waals surface area contributed by atoms with Gasteiger partial charge in [0, 0.05) is 16.2 Å². The van der Waals surface area contributed by atoms with Gasteiger partial charge in [-0.05, 0) is 11.5 Å². The summed E-state index contributed by atoms with van der Waals surface area (Å²) < 4.78 is 5.70. The first-order valence-corrected chi connectivity index (χ1v) is 5.24. The molecule has 1 aromatic rings. The van der Waals surface area contributed by atoms with E-state index >= 15 is 0 Å². The number of ether oxygens (including phenoxy) is 1. The van der Waals surface area contributed by atoms with Gasteiger partial charge in [0.1, 0.15) is 0 Å². The summed E-state index contributed by atoms with van der Waals surface area (Å²) in [6.45, 7) is 6.01. The van der Waals surface area contributed by atoms with Crippen LogP contribution in [0.15, 0.2) is 16.7 Å². The van der Waals surface area contributed by atoms with Gasteiger partial charge in [-0.3, -0.25) is 0 Å². The van der Waals surface area contributed by atoms with E-state index in [0.717, 1.165) is 10.0 Å². The van der Waals surface area contributed by atoms with Crippen LogP contribution in [0.25, 0.3) is 0 Å². The minimum absolute atomic E-state index is 0.183. The minimum atomic E-state index is -0.855. The van der Waals surface area contributed by atoms with E-state index < -0.39 is 6.09 Å². The molecule has 0 aliphatic heterocycles. The number of hydrogen-bond acceptors (Lipinski definition) is 3. The molecule has 82 valence electrons. The van der Waals surface area contributed by atoms with E-state index in [0.29, 0.717) is 0 Å². The molecule has 1 rings (SSSR count). The molecule has 0 atom stereocenters. The predicted octanol–water partition coefficient (Wildman–Crippen LogP) is 2.60. The number of rotatable bonds is 1. The fourth-order valence-electron chi connectivity index (χ4n) is 1.27. The van der Waals surface area contributed by atoms with Crippen LogP contribution in [0.4, 0.5) is 4.79 Å². The summed E-state index contributed by atoms with van der Waals surface area (Å²) in [6, 6.07) is 1.80. The SMILES string of the molecule is CC(C)(C)c1c(Br)ccnc1OC(N)=O. The van der Waals surface area contributed by atoms with Gasteiger partial charge in [0.2, 0.25) is 5.88 Å². The Morgan fingerprint density at radius 3 is 2.60 bits per heavy atom. The first-order valence-electron chi connectivity index (χ1n) is 4.44. The lowest BCUT2D eigenvalue weighted by molar-refractivity contribution is 0.208. The average molecular weight is 273 g/mol. The predicted molar refractivity (Wildman–Crippen MR) is 60.8 cm³/mol. The van der Waals surface area contributed by atoms with E-state index in [9.17, 15) is 4.79 Å². The third kappa shape index (κ3) is 2.92. The summed E-state index contributed by atoms with van der Waals surface area (Å²) in [4.78, 5) is 14.7. The van der Waals surface area contributed by atoms with E-state index in [1.165, 1.54) is 0 Å². The number of nitrogens with zero attached hydrogens (tertiary/aromatic N) is 1. The minimum Gasteiger partial charge on any atom is -0.391 e. The highest BCUT2D eigenvalue weighted by atomic mass is 79.9. The molecule has 0 saturated carbocycles. The molecule has 0 unspecified atom stereocenters. The number of carbonyl (C=O) groups excluding carboxylic acids is 1. The fourth-order valence-corrected chi connectivity index (χ4v) is 2.15. The number of carbonyl (C=O) groups is 1. The molecule has 2 N–H and O–H groups in total. The average Bonchev–Trinajstić information content (AvgIpc) is 1.99. The number of aromatic nitrogens is 1. The van der Waals surface area contributed by atoms with Crippen molar-refractivity contribution in [3.63, 3.8) is 0 Å². The Morgan fingerprint density at radius 1 is 1.53 bits per heavy atom. The molecule has 1 amide bonds. The van der Waals surface area contributed by atoms with E-state index in [-0.39, 0.29) is 11.3 Å². The molecular weight excluding hydrogens is 260 g/mol. The quantitative estimate of drug-likeness (QED) is 0.855. The Kier molecular flexibility index (Phi) is 3.34. The van der Waals surface area contributed by atoms with Crippen LogP contribution in [0.2, 0.25) is 0 Å². The number of nitrogens with two attached hydrogens (primary N) is 1. The highest BCUT2D eigenvalue weighted by Gasteiger charge is 2.24. The maximum absolute atomic E-state index is 10.7. The lowest BCUT2D eigenvalue weighted by Gasteiger charge is -2.22. The lowest BCUT2D eigenvalue weighted by atomic mass is 9.88. The summed E-state index contributed by atoms with van der Waals surface area (Å²) in [5.41, 5.74) is 5.61. The van der Waals surface area contributed by atoms with Crippen LogP contribution in [0.1, 0.15) is 26.3 Å². The summed E-state index contributed by atoms with van der Waals surface area (Å²) in [6.07, 6.45) is 0.698. The van der Waals surface area contributed by atoms with Crippen molar-refractivity contribution in [3.05, 3.63) is 22.3 Å².